The monoisotopic (exact) mass is 167 g/mol. The zero-order valence-electron chi connectivity index (χ0n) is 7.02. The lowest BCUT2D eigenvalue weighted by Gasteiger charge is -2.32. The molecule has 0 aromatic heterocycles. The van der Waals surface area contributed by atoms with Crippen LogP contribution in [0.4, 0.5) is 0 Å². The predicted molar refractivity (Wildman–Crippen MR) is 47.5 cm³/mol. The highest BCUT2D eigenvalue weighted by molar-refractivity contribution is 5.73. The summed E-state index contributed by atoms with van der Waals surface area (Å²) in [6.45, 7) is 2.51. The second kappa shape index (κ2) is 3.67. The van der Waals surface area contributed by atoms with Crippen molar-refractivity contribution in [2.24, 2.45) is 9.98 Å². The first kappa shape index (κ1) is 7.73. The molecule has 0 amide bonds. The van der Waals surface area contributed by atoms with Gasteiger partial charge < -0.3 is 9.64 Å². The van der Waals surface area contributed by atoms with Crippen molar-refractivity contribution in [3.05, 3.63) is 0 Å². The molecule has 0 saturated carbocycles. The highest BCUT2D eigenvalue weighted by Gasteiger charge is 2.19. The minimum Gasteiger partial charge on any atom is -0.381 e. The van der Waals surface area contributed by atoms with Gasteiger partial charge >= 0.3 is 0 Å². The van der Waals surface area contributed by atoms with E-state index in [4.69, 9.17) is 4.74 Å². The Kier molecular flexibility index (Phi) is 2.36. The average Bonchev–Trinajstić information content (AvgIpc) is 2.21. The first-order valence-electron chi connectivity index (χ1n) is 4.32. The highest BCUT2D eigenvalue weighted by Crippen LogP contribution is 2.13. The number of nitrogens with zero attached hydrogens (tertiary/aromatic N) is 3. The SMILES string of the molecule is C1=NC=NCN1C1CCOCC1. The standard InChI is InChI=1S/C8H13N3O/c1-3-12-4-2-8(1)11-6-9-5-10-7-11/h5-6,8H,1-4,7H2. The van der Waals surface area contributed by atoms with Crippen LogP contribution in [0.15, 0.2) is 9.98 Å². The van der Waals surface area contributed by atoms with Gasteiger partial charge in [-0.15, -0.1) is 0 Å². The fourth-order valence-electron chi connectivity index (χ4n) is 1.56. The van der Waals surface area contributed by atoms with Gasteiger partial charge in [0.25, 0.3) is 0 Å². The summed E-state index contributed by atoms with van der Waals surface area (Å²) in [5.41, 5.74) is 0. The maximum absolute atomic E-state index is 5.28. The first-order chi connectivity index (χ1) is 5.97. The minimum atomic E-state index is 0.583. The van der Waals surface area contributed by atoms with E-state index in [1.165, 1.54) is 0 Å². The van der Waals surface area contributed by atoms with Crippen LogP contribution in [0.3, 0.4) is 0 Å². The largest absolute Gasteiger partial charge is 0.381 e. The molecule has 2 aliphatic rings. The molecule has 1 fully saturated rings. The van der Waals surface area contributed by atoms with Crippen LogP contribution in [0.2, 0.25) is 0 Å². The molecule has 1 saturated heterocycles. The zero-order chi connectivity index (χ0) is 8.23. The van der Waals surface area contributed by atoms with Crippen molar-refractivity contribution in [1.29, 1.82) is 0 Å². The van der Waals surface area contributed by atoms with Gasteiger partial charge in [-0.05, 0) is 12.8 Å². The van der Waals surface area contributed by atoms with Crippen LogP contribution < -0.4 is 0 Å². The van der Waals surface area contributed by atoms with E-state index >= 15 is 0 Å². The number of hydrogen-bond acceptors (Lipinski definition) is 4. The molecular formula is C8H13N3O. The normalized spacial score (nSPS) is 24.8. The Balaban J connectivity index is 1.90. The van der Waals surface area contributed by atoms with Crippen LogP contribution >= 0.6 is 0 Å². The van der Waals surface area contributed by atoms with E-state index in [1.807, 2.05) is 6.34 Å². The van der Waals surface area contributed by atoms with Crippen LogP contribution in [-0.4, -0.2) is 43.5 Å². The summed E-state index contributed by atoms with van der Waals surface area (Å²) in [5.74, 6) is 0. The summed E-state index contributed by atoms with van der Waals surface area (Å²) in [7, 11) is 0. The van der Waals surface area contributed by atoms with Gasteiger partial charge in [-0.1, -0.05) is 0 Å². The number of rotatable bonds is 1. The average molecular weight is 167 g/mol. The number of hydrogen-bond donors (Lipinski definition) is 0. The third-order valence-electron chi connectivity index (χ3n) is 2.27. The predicted octanol–water partition coefficient (Wildman–Crippen LogP) is 0.495. The quantitative estimate of drug-likeness (QED) is 0.570. The maximum atomic E-state index is 5.28. The molecule has 2 rings (SSSR count). The van der Waals surface area contributed by atoms with Crippen molar-refractivity contribution in [1.82, 2.24) is 4.90 Å². The Morgan fingerprint density at radius 2 is 2.17 bits per heavy atom. The molecule has 0 radical (unpaired) electrons. The van der Waals surface area contributed by atoms with Crippen molar-refractivity contribution in [2.75, 3.05) is 19.9 Å². The Morgan fingerprint density at radius 3 is 2.83 bits per heavy atom. The lowest BCUT2D eigenvalue weighted by Crippen LogP contribution is -2.39. The second-order valence-electron chi connectivity index (χ2n) is 3.06. The molecule has 4 nitrogen and oxygen atoms in total. The molecule has 2 aliphatic heterocycles. The Hall–Kier alpha value is -0.900. The fraction of sp³-hybridized carbons (Fsp3) is 0.750. The Labute approximate surface area is 71.9 Å². The van der Waals surface area contributed by atoms with Crippen molar-refractivity contribution >= 4 is 12.7 Å². The van der Waals surface area contributed by atoms with Gasteiger partial charge in [0.1, 0.15) is 13.0 Å². The van der Waals surface area contributed by atoms with Gasteiger partial charge in [-0.2, -0.15) is 0 Å². The van der Waals surface area contributed by atoms with Gasteiger partial charge in [-0.3, -0.25) is 4.99 Å². The van der Waals surface area contributed by atoms with Crippen LogP contribution in [0.1, 0.15) is 12.8 Å². The van der Waals surface area contributed by atoms with Gasteiger partial charge in [0.05, 0.1) is 6.34 Å². The smallest absolute Gasteiger partial charge is 0.113 e. The topological polar surface area (TPSA) is 37.2 Å². The number of ether oxygens (including phenoxy) is 1. The van der Waals surface area contributed by atoms with E-state index in [1.54, 1.807) is 6.34 Å². The van der Waals surface area contributed by atoms with Crippen molar-refractivity contribution in [3.8, 4) is 0 Å². The molecule has 0 bridgehead atoms. The van der Waals surface area contributed by atoms with E-state index in [0.29, 0.717) is 6.04 Å². The van der Waals surface area contributed by atoms with Gasteiger partial charge in [0.2, 0.25) is 0 Å². The summed E-state index contributed by atoms with van der Waals surface area (Å²) in [4.78, 5) is 10.3. The Bertz CT molecular complexity index is 196. The van der Waals surface area contributed by atoms with Crippen LogP contribution in [0, 0.1) is 0 Å². The highest BCUT2D eigenvalue weighted by atomic mass is 16.5. The summed E-state index contributed by atoms with van der Waals surface area (Å²) >= 11 is 0. The molecule has 0 aromatic rings. The summed E-state index contributed by atoms with van der Waals surface area (Å²) in [6.07, 6.45) is 5.68. The summed E-state index contributed by atoms with van der Waals surface area (Å²) < 4.78 is 5.28. The minimum absolute atomic E-state index is 0.583. The maximum Gasteiger partial charge on any atom is 0.113 e. The molecule has 0 N–H and O–H groups in total. The molecule has 12 heavy (non-hydrogen) atoms. The molecule has 0 aromatic carbocycles. The van der Waals surface area contributed by atoms with Crippen LogP contribution in [0.25, 0.3) is 0 Å². The fourth-order valence-corrected chi connectivity index (χ4v) is 1.56. The van der Waals surface area contributed by atoms with Gasteiger partial charge in [0.15, 0.2) is 0 Å². The van der Waals surface area contributed by atoms with E-state index in [2.05, 4.69) is 14.9 Å². The summed E-state index contributed by atoms with van der Waals surface area (Å²) in [5, 5.41) is 0. The molecule has 0 aliphatic carbocycles. The van der Waals surface area contributed by atoms with Crippen LogP contribution in [-0.2, 0) is 4.74 Å². The van der Waals surface area contributed by atoms with Crippen LogP contribution in [0.5, 0.6) is 0 Å². The number of aliphatic imine (C=N–C) groups is 2. The van der Waals surface area contributed by atoms with E-state index in [0.717, 1.165) is 32.7 Å². The zero-order valence-corrected chi connectivity index (χ0v) is 7.02. The van der Waals surface area contributed by atoms with Gasteiger partial charge in [0, 0.05) is 19.3 Å². The molecular weight excluding hydrogens is 154 g/mol. The molecule has 0 spiro atoms. The first-order valence-corrected chi connectivity index (χ1v) is 4.32. The molecule has 0 unspecified atom stereocenters. The second-order valence-corrected chi connectivity index (χ2v) is 3.06. The van der Waals surface area contributed by atoms with Gasteiger partial charge in [-0.25, -0.2) is 4.99 Å². The van der Waals surface area contributed by atoms with Crippen molar-refractivity contribution < 1.29 is 4.74 Å². The lowest BCUT2D eigenvalue weighted by atomic mass is 10.1. The molecule has 66 valence electrons. The molecule has 0 atom stereocenters. The summed E-state index contributed by atoms with van der Waals surface area (Å²) in [6, 6.07) is 0.583. The van der Waals surface area contributed by atoms with E-state index in [-0.39, 0.29) is 0 Å². The van der Waals surface area contributed by atoms with Crippen molar-refractivity contribution in [3.63, 3.8) is 0 Å². The van der Waals surface area contributed by atoms with E-state index in [9.17, 15) is 0 Å². The third kappa shape index (κ3) is 1.64. The molecule has 2 heterocycles. The Morgan fingerprint density at radius 1 is 1.33 bits per heavy atom. The lowest BCUT2D eigenvalue weighted by molar-refractivity contribution is 0.0569. The molecule has 4 heteroatoms. The third-order valence-corrected chi connectivity index (χ3v) is 2.27. The van der Waals surface area contributed by atoms with E-state index < -0.39 is 0 Å². The van der Waals surface area contributed by atoms with Crippen molar-refractivity contribution in [2.45, 2.75) is 18.9 Å².